The number of anilines is 2. The van der Waals surface area contributed by atoms with Crippen molar-refractivity contribution in [3.63, 3.8) is 0 Å². The van der Waals surface area contributed by atoms with Gasteiger partial charge < -0.3 is 5.32 Å². The maximum absolute atomic E-state index is 12.3. The molecule has 1 aromatic carbocycles. The zero-order chi connectivity index (χ0) is 19.5. The Hall–Kier alpha value is -2.53. The number of hydrogen-bond acceptors (Lipinski definition) is 7. The summed E-state index contributed by atoms with van der Waals surface area (Å²) < 4.78 is 49.7. The van der Waals surface area contributed by atoms with Crippen molar-refractivity contribution in [3.05, 3.63) is 42.7 Å². The fraction of sp³-hybridized carbons (Fsp3) is 0.312. The molecule has 2 aromatic rings. The third-order valence-electron chi connectivity index (χ3n) is 4.04. The van der Waals surface area contributed by atoms with E-state index in [4.69, 9.17) is 0 Å². The van der Waals surface area contributed by atoms with Crippen molar-refractivity contribution < 1.29 is 21.6 Å². The molecule has 3 rings (SSSR count). The Balaban J connectivity index is 1.60. The highest BCUT2D eigenvalue weighted by Crippen LogP contribution is 2.22. The Morgan fingerprint density at radius 3 is 2.41 bits per heavy atom. The maximum Gasteiger partial charge on any atom is 0.264 e. The first-order chi connectivity index (χ1) is 12.7. The molecule has 0 saturated carbocycles. The topological polar surface area (TPSA) is 135 Å². The highest BCUT2D eigenvalue weighted by Gasteiger charge is 2.29. The van der Waals surface area contributed by atoms with Gasteiger partial charge in [0.1, 0.15) is 0 Å². The van der Waals surface area contributed by atoms with Crippen molar-refractivity contribution in [2.75, 3.05) is 21.5 Å². The summed E-state index contributed by atoms with van der Waals surface area (Å²) >= 11 is 0. The number of carbonyl (C=O) groups is 1. The van der Waals surface area contributed by atoms with Crippen LogP contribution in [0.2, 0.25) is 0 Å². The summed E-state index contributed by atoms with van der Waals surface area (Å²) in [6.07, 6.45) is 3.44. The molecule has 1 saturated heterocycles. The highest BCUT2D eigenvalue weighted by atomic mass is 32.2. The van der Waals surface area contributed by atoms with Crippen LogP contribution in [0.15, 0.2) is 47.6 Å². The molecule has 144 valence electrons. The molecule has 9 nitrogen and oxygen atoms in total. The van der Waals surface area contributed by atoms with E-state index in [-0.39, 0.29) is 40.6 Å². The number of hydrogen-bond donors (Lipinski definition) is 2. The van der Waals surface area contributed by atoms with Crippen LogP contribution in [0, 0.1) is 5.92 Å². The van der Waals surface area contributed by atoms with Crippen LogP contribution in [0.25, 0.3) is 0 Å². The molecule has 1 fully saturated rings. The van der Waals surface area contributed by atoms with Gasteiger partial charge in [-0.25, -0.2) is 31.5 Å². The summed E-state index contributed by atoms with van der Waals surface area (Å²) in [4.78, 5) is 19.7. The minimum atomic E-state index is -3.84. The SMILES string of the molecule is O=C(CC1CCS(=O)(=O)C1)Nc1ccc(S(=O)(=O)Nc2ncccn2)cc1. The molecule has 0 aliphatic carbocycles. The van der Waals surface area contributed by atoms with E-state index >= 15 is 0 Å². The average Bonchev–Trinajstić information content (AvgIpc) is 2.94. The summed E-state index contributed by atoms with van der Waals surface area (Å²) in [5.74, 6) is -0.366. The van der Waals surface area contributed by atoms with Crippen molar-refractivity contribution in [2.45, 2.75) is 17.7 Å². The second-order valence-electron chi connectivity index (χ2n) is 6.22. The number of sulfonamides is 1. The second-order valence-corrected chi connectivity index (χ2v) is 10.1. The number of sulfone groups is 1. The lowest BCUT2D eigenvalue weighted by Gasteiger charge is -2.10. The first-order valence-corrected chi connectivity index (χ1v) is 11.4. The molecule has 1 aliphatic rings. The van der Waals surface area contributed by atoms with Gasteiger partial charge in [0, 0.05) is 24.5 Å². The highest BCUT2D eigenvalue weighted by molar-refractivity contribution is 7.92. The number of aromatic nitrogens is 2. The van der Waals surface area contributed by atoms with Crippen LogP contribution >= 0.6 is 0 Å². The van der Waals surface area contributed by atoms with Crippen LogP contribution < -0.4 is 10.0 Å². The number of amides is 1. The number of nitrogens with one attached hydrogen (secondary N) is 2. The Bertz CT molecular complexity index is 1020. The first-order valence-electron chi connectivity index (χ1n) is 8.14. The van der Waals surface area contributed by atoms with Gasteiger partial charge in [-0.05, 0) is 42.7 Å². The zero-order valence-electron chi connectivity index (χ0n) is 14.2. The summed E-state index contributed by atoms with van der Waals surface area (Å²) in [6, 6.07) is 7.19. The molecular weight excluding hydrogens is 392 g/mol. The van der Waals surface area contributed by atoms with E-state index in [1.807, 2.05) is 0 Å². The Morgan fingerprint density at radius 1 is 1.15 bits per heavy atom. The van der Waals surface area contributed by atoms with Crippen molar-refractivity contribution in [2.24, 2.45) is 5.92 Å². The molecule has 0 bridgehead atoms. The van der Waals surface area contributed by atoms with Gasteiger partial charge in [-0.15, -0.1) is 0 Å². The van der Waals surface area contributed by atoms with Crippen LogP contribution in [0.4, 0.5) is 11.6 Å². The predicted octanol–water partition coefficient (Wildman–Crippen LogP) is 1.04. The molecule has 1 amide bonds. The van der Waals surface area contributed by atoms with E-state index in [0.717, 1.165) is 0 Å². The lowest BCUT2D eigenvalue weighted by atomic mass is 10.1. The molecule has 2 heterocycles. The standard InChI is InChI=1S/C16H18N4O5S2/c21-15(10-12-6-9-26(22,23)11-12)19-13-2-4-14(5-3-13)27(24,25)20-16-17-7-1-8-18-16/h1-5,7-8,12H,6,9-11H2,(H,19,21)(H,17,18,20). The van der Waals surface area contributed by atoms with Crippen molar-refractivity contribution >= 4 is 37.4 Å². The Labute approximate surface area is 157 Å². The van der Waals surface area contributed by atoms with Crippen molar-refractivity contribution in [3.8, 4) is 0 Å². The molecule has 1 aliphatic heterocycles. The second kappa shape index (κ2) is 7.61. The molecule has 1 atom stereocenters. The number of rotatable bonds is 6. The largest absolute Gasteiger partial charge is 0.326 e. The minimum absolute atomic E-state index is 0.00478. The molecule has 1 unspecified atom stereocenters. The van der Waals surface area contributed by atoms with E-state index in [0.29, 0.717) is 12.1 Å². The van der Waals surface area contributed by atoms with Crippen molar-refractivity contribution in [1.82, 2.24) is 9.97 Å². The van der Waals surface area contributed by atoms with Gasteiger partial charge in [0.05, 0.1) is 16.4 Å². The minimum Gasteiger partial charge on any atom is -0.326 e. The van der Waals surface area contributed by atoms with Crippen LogP contribution in [-0.4, -0.2) is 44.2 Å². The molecule has 0 radical (unpaired) electrons. The normalized spacial score (nSPS) is 18.7. The monoisotopic (exact) mass is 410 g/mol. The first kappa shape index (κ1) is 19.2. The molecule has 11 heteroatoms. The summed E-state index contributed by atoms with van der Waals surface area (Å²) in [6.45, 7) is 0. The van der Waals surface area contributed by atoms with Gasteiger partial charge in [-0.2, -0.15) is 0 Å². The summed E-state index contributed by atoms with van der Waals surface area (Å²) in [5.41, 5.74) is 0.427. The maximum atomic E-state index is 12.3. The van der Waals surface area contributed by atoms with Gasteiger partial charge in [0.25, 0.3) is 10.0 Å². The van der Waals surface area contributed by atoms with Crippen LogP contribution in [0.3, 0.4) is 0 Å². The number of benzene rings is 1. The van der Waals surface area contributed by atoms with E-state index in [2.05, 4.69) is 20.0 Å². The molecule has 27 heavy (non-hydrogen) atoms. The number of nitrogens with zero attached hydrogens (tertiary/aromatic N) is 2. The lowest BCUT2D eigenvalue weighted by Crippen LogP contribution is -2.18. The smallest absolute Gasteiger partial charge is 0.264 e. The van der Waals surface area contributed by atoms with E-state index in [9.17, 15) is 21.6 Å². The average molecular weight is 410 g/mol. The van der Waals surface area contributed by atoms with Crippen LogP contribution in [0.5, 0.6) is 0 Å². The van der Waals surface area contributed by atoms with Crippen LogP contribution in [-0.2, 0) is 24.7 Å². The fourth-order valence-electron chi connectivity index (χ4n) is 2.76. The van der Waals surface area contributed by atoms with Gasteiger partial charge in [-0.1, -0.05) is 0 Å². The third kappa shape index (κ3) is 5.23. The quantitative estimate of drug-likeness (QED) is 0.726. The van der Waals surface area contributed by atoms with Gasteiger partial charge in [0.15, 0.2) is 9.84 Å². The predicted molar refractivity (Wildman–Crippen MR) is 99.3 cm³/mol. The van der Waals surface area contributed by atoms with Crippen molar-refractivity contribution in [1.29, 1.82) is 0 Å². The molecule has 2 N–H and O–H groups in total. The lowest BCUT2D eigenvalue weighted by molar-refractivity contribution is -0.116. The molecule has 1 aromatic heterocycles. The Morgan fingerprint density at radius 2 is 1.81 bits per heavy atom. The third-order valence-corrected chi connectivity index (χ3v) is 7.22. The molecular formula is C16H18N4O5S2. The van der Waals surface area contributed by atoms with E-state index in [1.165, 1.54) is 36.7 Å². The van der Waals surface area contributed by atoms with E-state index in [1.54, 1.807) is 6.07 Å². The van der Waals surface area contributed by atoms with Gasteiger partial charge in [-0.3, -0.25) is 4.79 Å². The fourth-order valence-corrected chi connectivity index (χ4v) is 5.58. The summed E-state index contributed by atoms with van der Waals surface area (Å²) in [7, 11) is -6.87. The van der Waals surface area contributed by atoms with E-state index < -0.39 is 19.9 Å². The molecule has 0 spiro atoms. The number of carbonyl (C=O) groups excluding carboxylic acids is 1. The Kier molecular flexibility index (Phi) is 5.42. The summed E-state index contributed by atoms with van der Waals surface area (Å²) in [5, 5.41) is 2.65. The zero-order valence-corrected chi connectivity index (χ0v) is 15.8. The van der Waals surface area contributed by atoms with Gasteiger partial charge >= 0.3 is 0 Å². The van der Waals surface area contributed by atoms with Crippen LogP contribution in [0.1, 0.15) is 12.8 Å². The van der Waals surface area contributed by atoms with Gasteiger partial charge in [0.2, 0.25) is 11.9 Å².